The number of benzene rings is 1. The molecule has 22 heavy (non-hydrogen) atoms. The van der Waals surface area contributed by atoms with E-state index in [2.05, 4.69) is 31.2 Å². The second-order valence-electron chi connectivity index (χ2n) is 4.28. The summed E-state index contributed by atoms with van der Waals surface area (Å²) in [4.78, 5) is 20.5. The van der Waals surface area contributed by atoms with Gasteiger partial charge in [-0.2, -0.15) is 0 Å². The fourth-order valence-corrected chi connectivity index (χ4v) is 2.77. The highest BCUT2D eigenvalue weighted by atomic mass is 79.9. The predicted molar refractivity (Wildman–Crippen MR) is 84.5 cm³/mol. The van der Waals surface area contributed by atoms with Gasteiger partial charge in [0.1, 0.15) is 11.6 Å². The highest BCUT2D eigenvalue weighted by Crippen LogP contribution is 2.26. The van der Waals surface area contributed by atoms with E-state index in [1.54, 1.807) is 12.4 Å². The molecule has 112 valence electrons. The molecule has 2 aromatic rings. The Balaban J connectivity index is 1.67. The van der Waals surface area contributed by atoms with E-state index in [0.29, 0.717) is 15.9 Å². The quantitative estimate of drug-likeness (QED) is 0.655. The molecule has 0 atom stereocenters. The summed E-state index contributed by atoms with van der Waals surface area (Å²) in [6.45, 7) is 0.194. The van der Waals surface area contributed by atoms with E-state index in [4.69, 9.17) is 4.74 Å². The van der Waals surface area contributed by atoms with Crippen molar-refractivity contribution in [1.29, 1.82) is 0 Å². The van der Waals surface area contributed by atoms with Crippen molar-refractivity contribution >= 4 is 39.1 Å². The number of nitrogens with zero attached hydrogens (tertiary/aromatic N) is 2. The number of carbonyl (C=O) groups excluding carboxylic acids is 1. The second-order valence-corrected chi connectivity index (χ2v) is 6.03. The molecule has 0 unspecified atom stereocenters. The predicted octanol–water partition coefficient (Wildman–Crippen LogP) is 2.88. The van der Waals surface area contributed by atoms with E-state index in [1.807, 2.05) is 5.38 Å². The Labute approximate surface area is 137 Å². The van der Waals surface area contributed by atoms with Crippen LogP contribution in [0.3, 0.4) is 0 Å². The minimum atomic E-state index is -0.540. The first-order chi connectivity index (χ1) is 10.6. The van der Waals surface area contributed by atoms with Gasteiger partial charge in [-0.1, -0.05) is 0 Å². The van der Waals surface area contributed by atoms with Crippen molar-refractivity contribution in [2.45, 2.75) is 0 Å². The number of ether oxygens (including phenoxy) is 1. The third-order valence-corrected chi connectivity index (χ3v) is 4.18. The summed E-state index contributed by atoms with van der Waals surface area (Å²) < 4.78 is 18.6. The number of thiazole rings is 1. The summed E-state index contributed by atoms with van der Waals surface area (Å²) in [7, 11) is 0. The maximum absolute atomic E-state index is 13.0. The Morgan fingerprint density at radius 1 is 1.45 bits per heavy atom. The molecule has 1 N–H and O–H groups in total. The van der Waals surface area contributed by atoms with E-state index in [9.17, 15) is 9.18 Å². The smallest absolute Gasteiger partial charge is 0.342 e. The number of aliphatic imine (C=N–C) groups is 1. The first-order valence-corrected chi connectivity index (χ1v) is 7.88. The van der Waals surface area contributed by atoms with Gasteiger partial charge in [-0.3, -0.25) is 4.99 Å². The first kappa shape index (κ1) is 14.9. The van der Waals surface area contributed by atoms with Crippen LogP contribution in [-0.4, -0.2) is 23.3 Å². The van der Waals surface area contributed by atoms with Gasteiger partial charge in [-0.15, -0.1) is 11.3 Å². The molecule has 0 bridgehead atoms. The van der Waals surface area contributed by atoms with Gasteiger partial charge in [0.2, 0.25) is 0 Å². The maximum Gasteiger partial charge on any atom is 0.342 e. The second kappa shape index (κ2) is 6.37. The number of halogens is 2. The van der Waals surface area contributed by atoms with E-state index >= 15 is 0 Å². The van der Waals surface area contributed by atoms with Gasteiger partial charge in [0.05, 0.1) is 16.6 Å². The number of aromatic nitrogens is 1. The van der Waals surface area contributed by atoms with Crippen molar-refractivity contribution in [2.24, 2.45) is 4.99 Å². The van der Waals surface area contributed by atoms with Gasteiger partial charge in [0, 0.05) is 17.8 Å². The average Bonchev–Trinajstić information content (AvgIpc) is 3.04. The SMILES string of the molecule is O=C(Oc1ccc(F)cc1Br)C1=CNC(c2nccs2)=NC1. The zero-order valence-electron chi connectivity index (χ0n) is 11.0. The lowest BCUT2D eigenvalue weighted by molar-refractivity contribution is -0.130. The van der Waals surface area contributed by atoms with Crippen LogP contribution in [0.15, 0.2) is 51.0 Å². The van der Waals surface area contributed by atoms with Crippen LogP contribution >= 0.6 is 27.3 Å². The Morgan fingerprint density at radius 2 is 2.32 bits per heavy atom. The summed E-state index contributed by atoms with van der Waals surface area (Å²) in [5, 5.41) is 5.53. The minimum Gasteiger partial charge on any atom is -0.422 e. The van der Waals surface area contributed by atoms with Crippen molar-refractivity contribution in [1.82, 2.24) is 10.3 Å². The van der Waals surface area contributed by atoms with E-state index in [-0.39, 0.29) is 12.3 Å². The monoisotopic (exact) mass is 381 g/mol. The van der Waals surface area contributed by atoms with Crippen molar-refractivity contribution in [3.8, 4) is 5.75 Å². The summed E-state index contributed by atoms with van der Waals surface area (Å²) >= 11 is 4.60. The van der Waals surface area contributed by atoms with Crippen LogP contribution < -0.4 is 10.1 Å². The number of esters is 1. The molecule has 1 aromatic heterocycles. The largest absolute Gasteiger partial charge is 0.422 e. The zero-order chi connectivity index (χ0) is 15.5. The summed E-state index contributed by atoms with van der Waals surface area (Å²) in [6.07, 6.45) is 3.23. The lowest BCUT2D eigenvalue weighted by Crippen LogP contribution is -2.27. The van der Waals surface area contributed by atoms with Gasteiger partial charge < -0.3 is 10.1 Å². The van der Waals surface area contributed by atoms with Gasteiger partial charge >= 0.3 is 5.97 Å². The van der Waals surface area contributed by atoms with Crippen LogP contribution in [0.1, 0.15) is 5.01 Å². The number of carbonyl (C=O) groups is 1. The molecule has 1 aliphatic rings. The number of hydrogen-bond acceptors (Lipinski definition) is 6. The Bertz CT molecular complexity index is 774. The standard InChI is InChI=1S/C14H9BrFN3O2S/c15-10-5-9(16)1-2-11(10)21-14(20)8-6-18-12(19-7-8)13-17-3-4-22-13/h1-6H,7H2,(H,18,19). The van der Waals surface area contributed by atoms with E-state index in [0.717, 1.165) is 5.01 Å². The third kappa shape index (κ3) is 3.23. The molecule has 0 fully saturated rings. The highest BCUT2D eigenvalue weighted by Gasteiger charge is 2.18. The molecule has 0 amide bonds. The average molecular weight is 382 g/mol. The summed E-state index contributed by atoms with van der Waals surface area (Å²) in [5.74, 6) is -0.0822. The van der Waals surface area contributed by atoms with Crippen LogP contribution in [0.2, 0.25) is 0 Å². The molecule has 0 spiro atoms. The van der Waals surface area contributed by atoms with Crippen LogP contribution in [0.25, 0.3) is 0 Å². The van der Waals surface area contributed by atoms with Gasteiger partial charge in [-0.25, -0.2) is 14.2 Å². The molecule has 0 saturated carbocycles. The molecule has 5 nitrogen and oxygen atoms in total. The molecule has 8 heteroatoms. The lowest BCUT2D eigenvalue weighted by atomic mass is 10.2. The molecule has 3 rings (SSSR count). The summed E-state index contributed by atoms with van der Waals surface area (Å²) in [5.41, 5.74) is 0.372. The fourth-order valence-electron chi connectivity index (χ4n) is 1.73. The molecular weight excluding hydrogens is 373 g/mol. The number of amidine groups is 1. The number of nitrogens with one attached hydrogen (secondary N) is 1. The van der Waals surface area contributed by atoms with Crippen LogP contribution in [0, 0.1) is 5.82 Å². The van der Waals surface area contributed by atoms with Crippen molar-refractivity contribution in [3.05, 3.63) is 56.8 Å². The third-order valence-electron chi connectivity index (χ3n) is 2.78. The molecule has 2 heterocycles. The molecule has 1 aliphatic heterocycles. The number of hydrogen-bond donors (Lipinski definition) is 1. The highest BCUT2D eigenvalue weighted by molar-refractivity contribution is 9.10. The molecule has 1 aromatic carbocycles. The Kier molecular flexibility index (Phi) is 4.30. The van der Waals surface area contributed by atoms with Crippen LogP contribution in [-0.2, 0) is 4.79 Å². The van der Waals surface area contributed by atoms with Gasteiger partial charge in [0.15, 0.2) is 10.8 Å². The molecule has 0 radical (unpaired) electrons. The molecule has 0 saturated heterocycles. The Morgan fingerprint density at radius 3 is 2.95 bits per heavy atom. The van der Waals surface area contributed by atoms with Crippen LogP contribution in [0.5, 0.6) is 5.75 Å². The Hall–Kier alpha value is -2.06. The van der Waals surface area contributed by atoms with Crippen molar-refractivity contribution in [2.75, 3.05) is 6.54 Å². The topological polar surface area (TPSA) is 63.6 Å². The van der Waals surface area contributed by atoms with Crippen molar-refractivity contribution in [3.63, 3.8) is 0 Å². The van der Waals surface area contributed by atoms with Gasteiger partial charge in [-0.05, 0) is 34.1 Å². The van der Waals surface area contributed by atoms with E-state index in [1.165, 1.54) is 29.5 Å². The first-order valence-electron chi connectivity index (χ1n) is 6.20. The fraction of sp³-hybridized carbons (Fsp3) is 0.0714. The maximum atomic E-state index is 13.0. The normalized spacial score (nSPS) is 13.9. The zero-order valence-corrected chi connectivity index (χ0v) is 13.4. The minimum absolute atomic E-state index is 0.194. The molecular formula is C14H9BrFN3O2S. The lowest BCUT2D eigenvalue weighted by Gasteiger charge is -2.13. The van der Waals surface area contributed by atoms with Crippen molar-refractivity contribution < 1.29 is 13.9 Å². The molecule has 0 aliphatic carbocycles. The van der Waals surface area contributed by atoms with Gasteiger partial charge in [0.25, 0.3) is 0 Å². The summed E-state index contributed by atoms with van der Waals surface area (Å²) in [6, 6.07) is 3.84. The van der Waals surface area contributed by atoms with Crippen LogP contribution in [0.4, 0.5) is 4.39 Å². The van der Waals surface area contributed by atoms with E-state index < -0.39 is 11.8 Å². The number of rotatable bonds is 3.